The summed E-state index contributed by atoms with van der Waals surface area (Å²) in [5.41, 5.74) is 3.52. The third-order valence-electron chi connectivity index (χ3n) is 3.57. The summed E-state index contributed by atoms with van der Waals surface area (Å²) < 4.78 is 0. The van der Waals surface area contributed by atoms with Crippen LogP contribution in [0, 0.1) is 5.41 Å². The lowest BCUT2D eigenvalue weighted by Crippen LogP contribution is -2.11. The van der Waals surface area contributed by atoms with Crippen molar-refractivity contribution in [3.63, 3.8) is 0 Å². The van der Waals surface area contributed by atoms with Gasteiger partial charge in [0.25, 0.3) is 0 Å². The highest BCUT2D eigenvalue weighted by Crippen LogP contribution is 2.32. The van der Waals surface area contributed by atoms with Gasteiger partial charge in [-0.3, -0.25) is 0 Å². The molecule has 0 heteroatoms. The van der Waals surface area contributed by atoms with Crippen molar-refractivity contribution in [1.29, 1.82) is 0 Å². The van der Waals surface area contributed by atoms with Gasteiger partial charge in [-0.05, 0) is 57.3 Å². The van der Waals surface area contributed by atoms with E-state index >= 15 is 0 Å². The second-order valence-electron chi connectivity index (χ2n) is 5.86. The van der Waals surface area contributed by atoms with Crippen molar-refractivity contribution in [3.8, 4) is 0 Å². The summed E-state index contributed by atoms with van der Waals surface area (Å²) >= 11 is 0. The minimum Gasteiger partial charge on any atom is -0.0999 e. The van der Waals surface area contributed by atoms with Crippen LogP contribution in [0.1, 0.15) is 65.7 Å². The molecule has 0 nitrogen and oxygen atoms in total. The standard InChI is InChI=1S/C15H26/c1-13-7-5-8-14(2)10-12-15(3,4)11-6-9-13/h7H,2,5-6,8-12H2,1,3-4H3. The largest absolute Gasteiger partial charge is 0.0999 e. The Hall–Kier alpha value is -0.520. The maximum Gasteiger partial charge on any atom is -0.0288 e. The summed E-state index contributed by atoms with van der Waals surface area (Å²) in [6, 6.07) is 0. The smallest absolute Gasteiger partial charge is 0.0288 e. The van der Waals surface area contributed by atoms with E-state index in [1.165, 1.54) is 50.5 Å². The van der Waals surface area contributed by atoms with Crippen LogP contribution in [0.25, 0.3) is 0 Å². The van der Waals surface area contributed by atoms with E-state index in [0.29, 0.717) is 5.41 Å². The summed E-state index contributed by atoms with van der Waals surface area (Å²) in [5, 5.41) is 0. The predicted molar refractivity (Wildman–Crippen MR) is 69.0 cm³/mol. The second-order valence-corrected chi connectivity index (χ2v) is 5.86. The Bertz CT molecular complexity index is 243. The van der Waals surface area contributed by atoms with Gasteiger partial charge in [0.05, 0.1) is 0 Å². The average Bonchev–Trinajstić information content (AvgIpc) is 2.15. The molecule has 0 aliphatic heterocycles. The van der Waals surface area contributed by atoms with Gasteiger partial charge in [0.15, 0.2) is 0 Å². The highest BCUT2D eigenvalue weighted by Gasteiger charge is 2.17. The van der Waals surface area contributed by atoms with Crippen LogP contribution >= 0.6 is 0 Å². The molecule has 0 spiro atoms. The molecule has 1 rings (SSSR count). The quantitative estimate of drug-likeness (QED) is 0.474. The summed E-state index contributed by atoms with van der Waals surface area (Å²) in [6.45, 7) is 11.3. The van der Waals surface area contributed by atoms with Gasteiger partial charge in [0.2, 0.25) is 0 Å². The van der Waals surface area contributed by atoms with Crippen LogP contribution in [-0.4, -0.2) is 0 Å². The molecule has 0 saturated heterocycles. The minimum absolute atomic E-state index is 0.507. The van der Waals surface area contributed by atoms with Crippen molar-refractivity contribution >= 4 is 0 Å². The summed E-state index contributed by atoms with van der Waals surface area (Å²) in [7, 11) is 0. The summed E-state index contributed by atoms with van der Waals surface area (Å²) in [4.78, 5) is 0. The Morgan fingerprint density at radius 2 is 1.87 bits per heavy atom. The van der Waals surface area contributed by atoms with Crippen molar-refractivity contribution in [3.05, 3.63) is 23.8 Å². The molecule has 86 valence electrons. The zero-order chi connectivity index (χ0) is 11.3. The molecule has 0 amide bonds. The monoisotopic (exact) mass is 206 g/mol. The van der Waals surface area contributed by atoms with Crippen molar-refractivity contribution in [2.45, 2.75) is 65.7 Å². The van der Waals surface area contributed by atoms with Crippen LogP contribution in [0.4, 0.5) is 0 Å². The fourth-order valence-corrected chi connectivity index (χ4v) is 2.24. The lowest BCUT2D eigenvalue weighted by Gasteiger charge is -2.24. The summed E-state index contributed by atoms with van der Waals surface area (Å²) in [5.74, 6) is 0. The number of hydrogen-bond acceptors (Lipinski definition) is 0. The number of rotatable bonds is 0. The van der Waals surface area contributed by atoms with Crippen LogP contribution in [0.2, 0.25) is 0 Å². The van der Waals surface area contributed by atoms with Crippen LogP contribution < -0.4 is 0 Å². The highest BCUT2D eigenvalue weighted by atomic mass is 14.2. The Morgan fingerprint density at radius 1 is 1.13 bits per heavy atom. The van der Waals surface area contributed by atoms with Gasteiger partial charge in [0.1, 0.15) is 0 Å². The van der Waals surface area contributed by atoms with Crippen LogP contribution in [0.5, 0.6) is 0 Å². The average molecular weight is 206 g/mol. The van der Waals surface area contributed by atoms with E-state index in [1.54, 1.807) is 5.57 Å². The molecule has 0 radical (unpaired) electrons. The molecule has 0 aromatic carbocycles. The number of hydrogen-bond donors (Lipinski definition) is 0. The fraction of sp³-hybridized carbons (Fsp3) is 0.733. The first-order valence-electron chi connectivity index (χ1n) is 6.32. The molecule has 0 aromatic rings. The Labute approximate surface area is 95.5 Å². The van der Waals surface area contributed by atoms with Gasteiger partial charge < -0.3 is 0 Å². The van der Waals surface area contributed by atoms with E-state index in [-0.39, 0.29) is 0 Å². The maximum atomic E-state index is 4.18. The van der Waals surface area contributed by atoms with Gasteiger partial charge >= 0.3 is 0 Å². The van der Waals surface area contributed by atoms with E-state index in [0.717, 1.165) is 0 Å². The van der Waals surface area contributed by atoms with Crippen LogP contribution in [0.3, 0.4) is 0 Å². The van der Waals surface area contributed by atoms with Gasteiger partial charge in [-0.1, -0.05) is 37.6 Å². The molecule has 15 heavy (non-hydrogen) atoms. The predicted octanol–water partition coefficient (Wildman–Crippen LogP) is 5.26. The van der Waals surface area contributed by atoms with E-state index in [4.69, 9.17) is 0 Å². The fourth-order valence-electron chi connectivity index (χ4n) is 2.24. The minimum atomic E-state index is 0.507. The van der Waals surface area contributed by atoms with E-state index in [2.05, 4.69) is 33.4 Å². The molecule has 0 saturated carbocycles. The second kappa shape index (κ2) is 5.53. The molecular weight excluding hydrogens is 180 g/mol. The molecule has 0 bridgehead atoms. The first-order chi connectivity index (χ1) is 6.99. The van der Waals surface area contributed by atoms with Crippen molar-refractivity contribution < 1.29 is 0 Å². The molecule has 0 N–H and O–H groups in total. The SMILES string of the molecule is C=C1CCC=C(C)CCCC(C)(C)CC1. The van der Waals surface area contributed by atoms with Gasteiger partial charge in [-0.25, -0.2) is 0 Å². The van der Waals surface area contributed by atoms with Crippen molar-refractivity contribution in [2.24, 2.45) is 5.41 Å². The van der Waals surface area contributed by atoms with Gasteiger partial charge in [-0.2, -0.15) is 0 Å². The van der Waals surface area contributed by atoms with E-state index in [1.807, 2.05) is 0 Å². The maximum absolute atomic E-state index is 4.18. The molecule has 0 aromatic heterocycles. The Morgan fingerprint density at radius 3 is 2.60 bits per heavy atom. The highest BCUT2D eigenvalue weighted by molar-refractivity contribution is 5.03. The molecule has 0 atom stereocenters. The third kappa shape index (κ3) is 5.20. The molecule has 0 heterocycles. The van der Waals surface area contributed by atoms with Gasteiger partial charge in [0, 0.05) is 0 Å². The Kier molecular flexibility index (Phi) is 4.63. The van der Waals surface area contributed by atoms with Crippen LogP contribution in [0.15, 0.2) is 23.8 Å². The summed E-state index contributed by atoms with van der Waals surface area (Å²) in [6.07, 6.45) is 11.3. The van der Waals surface area contributed by atoms with Gasteiger partial charge in [-0.15, -0.1) is 0 Å². The zero-order valence-corrected chi connectivity index (χ0v) is 10.7. The molecule has 1 aliphatic rings. The lowest BCUT2D eigenvalue weighted by atomic mass is 9.81. The van der Waals surface area contributed by atoms with E-state index in [9.17, 15) is 0 Å². The van der Waals surface area contributed by atoms with Crippen LogP contribution in [-0.2, 0) is 0 Å². The number of allylic oxidation sites excluding steroid dienone is 3. The third-order valence-corrected chi connectivity index (χ3v) is 3.57. The van der Waals surface area contributed by atoms with Crippen molar-refractivity contribution in [2.75, 3.05) is 0 Å². The van der Waals surface area contributed by atoms with E-state index < -0.39 is 0 Å². The Balaban J connectivity index is 2.58. The lowest BCUT2D eigenvalue weighted by molar-refractivity contribution is 0.299. The first kappa shape index (κ1) is 12.5. The van der Waals surface area contributed by atoms with Crippen molar-refractivity contribution in [1.82, 2.24) is 0 Å². The first-order valence-corrected chi connectivity index (χ1v) is 6.32. The normalized spacial score (nSPS) is 24.2. The molecule has 1 aliphatic carbocycles. The zero-order valence-electron chi connectivity index (χ0n) is 10.7. The molecular formula is C15H26. The topological polar surface area (TPSA) is 0 Å². The molecule has 0 unspecified atom stereocenters. The molecule has 0 fully saturated rings.